The molecule has 2 atom stereocenters. The van der Waals surface area contributed by atoms with Crippen LogP contribution in [0.25, 0.3) is 22.3 Å². The van der Waals surface area contributed by atoms with Crippen LogP contribution < -0.4 is 0 Å². The summed E-state index contributed by atoms with van der Waals surface area (Å²) in [5.41, 5.74) is 9.89. The second-order valence-corrected chi connectivity index (χ2v) is 13.6. The first-order valence-electron chi connectivity index (χ1n) is 16.6. The molecular formula is C37H42B2O4P2. The minimum absolute atomic E-state index is 0.0794. The Morgan fingerprint density at radius 1 is 0.667 bits per heavy atom. The van der Waals surface area contributed by atoms with Gasteiger partial charge >= 0.3 is 0 Å². The molecule has 4 aromatic rings. The van der Waals surface area contributed by atoms with Crippen LogP contribution in [-0.2, 0) is 9.47 Å². The number of fused-ring (bicyclic) bond motifs is 6. The van der Waals surface area contributed by atoms with Crippen molar-refractivity contribution in [2.24, 2.45) is 0 Å². The number of ether oxygens (including phenoxy) is 2. The van der Waals surface area contributed by atoms with E-state index >= 15 is 0 Å². The zero-order valence-corrected chi connectivity index (χ0v) is 28.6. The normalized spacial score (nSPS) is 14.4. The van der Waals surface area contributed by atoms with Gasteiger partial charge in [-0.25, -0.2) is 0 Å². The average molecular weight is 636 g/mol. The van der Waals surface area contributed by atoms with Crippen LogP contribution in [0.2, 0.25) is 0 Å². The van der Waals surface area contributed by atoms with Crippen molar-refractivity contribution in [1.29, 1.82) is 2.56 Å². The highest BCUT2D eigenvalue weighted by Gasteiger charge is 2.30. The summed E-state index contributed by atoms with van der Waals surface area (Å²) < 4.78 is 26.4. The van der Waals surface area contributed by atoms with Crippen LogP contribution in [0.1, 0.15) is 68.7 Å². The number of rotatable bonds is 10. The predicted octanol–water partition coefficient (Wildman–Crippen LogP) is 9.92. The SMILES string of the molecule is CC.[2H]P([B]C(=O)OCC1c2ccccc2-c2ccccc21)C(C)C.[2H]P([B]C(=O)OCC1c2ccccc2-c2ccccc21)CC. The van der Waals surface area contributed by atoms with E-state index < -0.39 is 16.8 Å². The van der Waals surface area contributed by atoms with Crippen LogP contribution in [0, 0.1) is 0 Å². The lowest BCUT2D eigenvalue weighted by molar-refractivity contribution is 0.168. The Bertz CT molecular complexity index is 1560. The van der Waals surface area contributed by atoms with Crippen LogP contribution in [-0.4, -0.2) is 53.3 Å². The van der Waals surface area contributed by atoms with Crippen molar-refractivity contribution in [3.8, 4) is 22.3 Å². The highest BCUT2D eigenvalue weighted by atomic mass is 31.1. The highest BCUT2D eigenvalue weighted by Crippen LogP contribution is 2.45. The van der Waals surface area contributed by atoms with E-state index in [1.807, 2.05) is 83.1 Å². The van der Waals surface area contributed by atoms with E-state index in [1.54, 1.807) is 0 Å². The summed E-state index contributed by atoms with van der Waals surface area (Å²) >= 11 is 0. The molecule has 0 spiro atoms. The fourth-order valence-corrected chi connectivity index (χ4v) is 6.56. The van der Waals surface area contributed by atoms with Gasteiger partial charge in [0.15, 0.2) is 0 Å². The van der Waals surface area contributed by atoms with Gasteiger partial charge in [-0.1, -0.05) is 132 Å². The topological polar surface area (TPSA) is 52.6 Å². The molecule has 0 saturated heterocycles. The third-order valence-corrected chi connectivity index (χ3v) is 9.28. The molecule has 4 nitrogen and oxygen atoms in total. The molecule has 0 saturated carbocycles. The smallest absolute Gasteiger partial charge is 0.291 e. The fourth-order valence-electron chi connectivity index (χ4n) is 5.66. The molecule has 2 unspecified atom stereocenters. The van der Waals surface area contributed by atoms with Gasteiger partial charge in [-0.05, 0) is 56.3 Å². The quantitative estimate of drug-likeness (QED) is 0.129. The molecule has 0 aromatic heterocycles. The van der Waals surface area contributed by atoms with Crippen LogP contribution in [0.4, 0.5) is 9.59 Å². The van der Waals surface area contributed by atoms with Crippen molar-refractivity contribution in [3.05, 3.63) is 119 Å². The van der Waals surface area contributed by atoms with Crippen molar-refractivity contribution < 1.29 is 19.1 Å². The molecule has 2 aliphatic carbocycles. The van der Waals surface area contributed by atoms with Crippen molar-refractivity contribution in [2.75, 3.05) is 19.4 Å². The summed E-state index contributed by atoms with van der Waals surface area (Å²) in [7, 11) is -2.25. The van der Waals surface area contributed by atoms with E-state index in [9.17, 15) is 9.59 Å². The Morgan fingerprint density at radius 3 is 1.33 bits per heavy atom. The van der Waals surface area contributed by atoms with E-state index in [2.05, 4.69) is 48.5 Å². The zero-order valence-electron chi connectivity index (χ0n) is 28.8. The van der Waals surface area contributed by atoms with Gasteiger partial charge < -0.3 is 9.47 Å². The Labute approximate surface area is 276 Å². The summed E-state index contributed by atoms with van der Waals surface area (Å²) in [6, 6.07) is 33.1. The van der Waals surface area contributed by atoms with Crippen LogP contribution in [0.15, 0.2) is 97.1 Å². The van der Waals surface area contributed by atoms with Gasteiger partial charge in [0, 0.05) is 14.4 Å². The van der Waals surface area contributed by atoms with Crippen LogP contribution in [0.5, 0.6) is 0 Å². The van der Waals surface area contributed by atoms with Crippen molar-refractivity contribution in [2.45, 2.75) is 52.1 Å². The van der Waals surface area contributed by atoms with E-state index in [4.69, 9.17) is 12.0 Å². The van der Waals surface area contributed by atoms with Crippen LogP contribution >= 0.6 is 16.8 Å². The number of carbonyl (C=O) groups is 2. The Hall–Kier alpha value is -3.19. The molecule has 0 fully saturated rings. The maximum atomic E-state index is 12.0. The number of benzene rings is 4. The summed E-state index contributed by atoms with van der Waals surface area (Å²) in [6.45, 7) is 13.3. The summed E-state index contributed by atoms with van der Waals surface area (Å²) in [6.07, 6.45) is 0.680. The summed E-state index contributed by atoms with van der Waals surface area (Å²) in [5.74, 6) is -0.578. The third kappa shape index (κ3) is 8.75. The predicted molar refractivity (Wildman–Crippen MR) is 195 cm³/mol. The fraction of sp³-hybridized carbons (Fsp3) is 0.297. The van der Waals surface area contributed by atoms with E-state index in [0.717, 1.165) is 0 Å². The van der Waals surface area contributed by atoms with E-state index in [-0.39, 0.29) is 29.2 Å². The first kappa shape index (κ1) is 31.8. The maximum Gasteiger partial charge on any atom is 0.291 e. The lowest BCUT2D eigenvalue weighted by atomic mass is 9.98. The average Bonchev–Trinajstić information content (AvgIpc) is 3.60. The first-order valence-corrected chi connectivity index (χ1v) is 17.9. The molecule has 8 heteroatoms. The molecule has 4 aromatic carbocycles. The molecular weight excluding hydrogens is 592 g/mol. The minimum Gasteiger partial charge on any atom is -0.473 e. The molecule has 0 amide bonds. The van der Waals surface area contributed by atoms with Gasteiger partial charge in [0.1, 0.15) is 13.2 Å². The van der Waals surface area contributed by atoms with Crippen molar-refractivity contribution >= 4 is 42.5 Å². The summed E-state index contributed by atoms with van der Waals surface area (Å²) in [5, 5.41) is 0. The largest absolute Gasteiger partial charge is 0.473 e. The van der Waals surface area contributed by atoms with Gasteiger partial charge in [-0.3, -0.25) is 9.59 Å². The Morgan fingerprint density at radius 2 is 1.00 bits per heavy atom. The minimum atomic E-state index is -1.16. The maximum absolute atomic E-state index is 12.0. The number of carbonyl (C=O) groups excluding carboxylic acids is 2. The van der Waals surface area contributed by atoms with Gasteiger partial charge in [0.25, 0.3) is 25.7 Å². The van der Waals surface area contributed by atoms with Gasteiger partial charge in [0.2, 0.25) is 0 Å². The second kappa shape index (κ2) is 17.5. The summed E-state index contributed by atoms with van der Waals surface area (Å²) in [4.78, 5) is 23.8. The Balaban J connectivity index is 0.000000202. The standard InChI is InChI=1S/C18H19BO2P.C17H17BO2P.C2H6/c1-12(2)22-19-18(20)21-11-17-15-9-5-3-7-13(15)14-8-4-6-10-16(14)17;1-2-21-18-17(19)20-11-16-14-9-5-3-7-12(14)13-8-4-6-10-15(13)16;1-2/h3-10,12,17,22H,11H2,1-2H3;3-10,16,21H,2,11H2,1H3;1-2H3/i22D;21D;. The molecule has 2 aliphatic rings. The van der Waals surface area contributed by atoms with Crippen molar-refractivity contribution in [1.82, 2.24) is 0 Å². The molecule has 0 aliphatic heterocycles. The van der Waals surface area contributed by atoms with Gasteiger partial charge in [-0.2, -0.15) is 0 Å². The molecule has 45 heavy (non-hydrogen) atoms. The highest BCUT2D eigenvalue weighted by molar-refractivity contribution is 7.76. The molecule has 230 valence electrons. The molecule has 6 rings (SSSR count). The Kier molecular flexibility index (Phi) is 12.4. The molecule has 0 N–H and O–H groups in total. The lowest BCUT2D eigenvalue weighted by Gasteiger charge is -2.14. The zero-order chi connectivity index (χ0) is 33.9. The van der Waals surface area contributed by atoms with Gasteiger partial charge in [0.05, 0.1) is 0 Å². The second-order valence-electron chi connectivity index (χ2n) is 10.7. The third-order valence-electron chi connectivity index (χ3n) is 7.57. The molecule has 0 bridgehead atoms. The van der Waals surface area contributed by atoms with Crippen LogP contribution in [0.3, 0.4) is 0 Å². The van der Waals surface area contributed by atoms with Gasteiger partial charge in [-0.15, -0.1) is 16.8 Å². The first-order chi connectivity index (χ1) is 22.8. The van der Waals surface area contributed by atoms with E-state index in [1.165, 1.54) is 58.5 Å². The lowest BCUT2D eigenvalue weighted by Crippen LogP contribution is -2.15. The van der Waals surface area contributed by atoms with E-state index in [0.29, 0.717) is 19.4 Å². The number of hydrogen-bond donors (Lipinski definition) is 0. The molecule has 2 radical (unpaired) electrons. The molecule has 0 heterocycles. The van der Waals surface area contributed by atoms with Crippen molar-refractivity contribution in [3.63, 3.8) is 0 Å². The number of hydrogen-bond acceptors (Lipinski definition) is 4. The monoisotopic (exact) mass is 636 g/mol.